The standard InChI is InChI=1S/C20H34N4O3/c1-15-16(2)21-24(17(15)3)12-18(25)23-7-6-20(26,19(4,5)13-23)14-22-8-10-27-11-9-22/h26H,6-14H2,1-5H3/t20-/m0/s1. The molecule has 0 radical (unpaired) electrons. The molecule has 0 aliphatic carbocycles. The number of piperidine rings is 1. The number of β-amino-alcohol motifs (C(OH)–C–C–N with tert-alkyl or cyclic N) is 1. The lowest BCUT2D eigenvalue weighted by Gasteiger charge is -2.52. The second-order valence-corrected chi connectivity index (χ2v) is 8.82. The van der Waals surface area contributed by atoms with E-state index in [0.29, 0.717) is 26.1 Å². The first kappa shape index (κ1) is 20.3. The van der Waals surface area contributed by atoms with Crippen LogP contribution in [0.15, 0.2) is 0 Å². The molecule has 0 bridgehead atoms. The number of aliphatic hydroxyl groups is 1. The van der Waals surface area contributed by atoms with Crippen molar-refractivity contribution in [3.8, 4) is 0 Å². The van der Waals surface area contributed by atoms with E-state index in [2.05, 4.69) is 23.8 Å². The molecule has 1 aromatic rings. The van der Waals surface area contributed by atoms with Crippen molar-refractivity contribution in [3.05, 3.63) is 17.0 Å². The van der Waals surface area contributed by atoms with Gasteiger partial charge < -0.3 is 14.7 Å². The minimum Gasteiger partial charge on any atom is -0.388 e. The van der Waals surface area contributed by atoms with Gasteiger partial charge in [-0.3, -0.25) is 14.4 Å². The lowest BCUT2D eigenvalue weighted by molar-refractivity contribution is -0.158. The molecule has 0 aromatic carbocycles. The number of nitrogens with zero attached hydrogens (tertiary/aromatic N) is 4. The van der Waals surface area contributed by atoms with Crippen LogP contribution in [0, 0.1) is 26.2 Å². The van der Waals surface area contributed by atoms with E-state index in [1.54, 1.807) is 4.68 Å². The smallest absolute Gasteiger partial charge is 0.244 e. The third kappa shape index (κ3) is 4.05. The lowest BCUT2D eigenvalue weighted by Crippen LogP contribution is -2.63. The highest BCUT2D eigenvalue weighted by Gasteiger charge is 2.49. The monoisotopic (exact) mass is 378 g/mol. The van der Waals surface area contributed by atoms with Gasteiger partial charge in [-0.1, -0.05) is 13.8 Å². The van der Waals surface area contributed by atoms with Crippen molar-refractivity contribution in [1.29, 1.82) is 0 Å². The first-order valence-corrected chi connectivity index (χ1v) is 9.94. The van der Waals surface area contributed by atoms with Crippen LogP contribution < -0.4 is 0 Å². The number of aryl methyl sites for hydroxylation is 1. The summed E-state index contributed by atoms with van der Waals surface area (Å²) in [4.78, 5) is 17.1. The van der Waals surface area contributed by atoms with Crippen molar-refractivity contribution >= 4 is 5.91 Å². The molecular weight excluding hydrogens is 344 g/mol. The van der Waals surface area contributed by atoms with E-state index >= 15 is 0 Å². The van der Waals surface area contributed by atoms with Crippen LogP contribution in [0.25, 0.3) is 0 Å². The first-order valence-electron chi connectivity index (χ1n) is 9.94. The van der Waals surface area contributed by atoms with Gasteiger partial charge in [-0.2, -0.15) is 5.10 Å². The van der Waals surface area contributed by atoms with Crippen LogP contribution in [0.1, 0.15) is 37.2 Å². The average molecular weight is 379 g/mol. The Morgan fingerprint density at radius 1 is 1.19 bits per heavy atom. The Morgan fingerprint density at radius 3 is 2.41 bits per heavy atom. The van der Waals surface area contributed by atoms with E-state index in [0.717, 1.165) is 43.3 Å². The zero-order valence-corrected chi connectivity index (χ0v) is 17.4. The van der Waals surface area contributed by atoms with Gasteiger partial charge in [0.1, 0.15) is 6.54 Å². The zero-order valence-electron chi connectivity index (χ0n) is 17.4. The number of hydrogen-bond acceptors (Lipinski definition) is 5. The third-order valence-corrected chi connectivity index (χ3v) is 6.61. The SMILES string of the molecule is Cc1nn(CC(=O)N2CC[C@](O)(CN3CCOCC3)C(C)(C)C2)c(C)c1C. The molecule has 3 rings (SSSR count). The summed E-state index contributed by atoms with van der Waals surface area (Å²) in [7, 11) is 0. The fraction of sp³-hybridized carbons (Fsp3) is 0.800. The summed E-state index contributed by atoms with van der Waals surface area (Å²) in [5.74, 6) is 0.0714. The van der Waals surface area contributed by atoms with Gasteiger partial charge in [0.15, 0.2) is 0 Å². The summed E-state index contributed by atoms with van der Waals surface area (Å²) in [6.07, 6.45) is 0.596. The molecule has 3 heterocycles. The van der Waals surface area contributed by atoms with E-state index in [1.165, 1.54) is 0 Å². The Balaban J connectivity index is 1.65. The highest BCUT2D eigenvalue weighted by atomic mass is 16.5. The van der Waals surface area contributed by atoms with Crippen molar-refractivity contribution in [2.75, 3.05) is 45.9 Å². The molecule has 2 fully saturated rings. The van der Waals surface area contributed by atoms with Crippen LogP contribution in [-0.4, -0.2) is 82.1 Å². The van der Waals surface area contributed by atoms with Gasteiger partial charge in [0, 0.05) is 43.8 Å². The number of ether oxygens (including phenoxy) is 1. The van der Waals surface area contributed by atoms with Crippen LogP contribution >= 0.6 is 0 Å². The Morgan fingerprint density at radius 2 is 1.85 bits per heavy atom. The Hall–Kier alpha value is -1.44. The summed E-state index contributed by atoms with van der Waals surface area (Å²) in [5.41, 5.74) is 1.99. The van der Waals surface area contributed by atoms with Gasteiger partial charge in [0.25, 0.3) is 0 Å². The second kappa shape index (κ2) is 7.53. The number of hydrogen-bond donors (Lipinski definition) is 1. The molecule has 2 aliphatic rings. The fourth-order valence-electron chi connectivity index (χ4n) is 4.17. The molecule has 0 spiro atoms. The summed E-state index contributed by atoms with van der Waals surface area (Å²) in [6, 6.07) is 0. The highest BCUT2D eigenvalue weighted by molar-refractivity contribution is 5.76. The number of amides is 1. The van der Waals surface area contributed by atoms with Crippen LogP contribution in [0.3, 0.4) is 0 Å². The minimum atomic E-state index is -0.796. The zero-order chi connectivity index (χ0) is 19.8. The predicted molar refractivity (Wildman–Crippen MR) is 104 cm³/mol. The molecule has 1 atom stereocenters. The molecule has 1 amide bonds. The minimum absolute atomic E-state index is 0.0714. The summed E-state index contributed by atoms with van der Waals surface area (Å²) >= 11 is 0. The highest BCUT2D eigenvalue weighted by Crippen LogP contribution is 2.39. The van der Waals surface area contributed by atoms with E-state index in [4.69, 9.17) is 4.74 Å². The molecule has 2 saturated heterocycles. The first-order chi connectivity index (χ1) is 12.6. The second-order valence-electron chi connectivity index (χ2n) is 8.82. The molecule has 7 nitrogen and oxygen atoms in total. The molecule has 27 heavy (non-hydrogen) atoms. The molecular formula is C20H34N4O3. The van der Waals surface area contributed by atoms with Gasteiger partial charge in [-0.25, -0.2) is 0 Å². The maximum Gasteiger partial charge on any atom is 0.244 e. The summed E-state index contributed by atoms with van der Waals surface area (Å²) in [5, 5.41) is 15.9. The molecule has 7 heteroatoms. The van der Waals surface area contributed by atoms with Gasteiger partial charge in [0.05, 0.1) is 24.5 Å². The summed E-state index contributed by atoms with van der Waals surface area (Å²) < 4.78 is 7.21. The van der Waals surface area contributed by atoms with E-state index < -0.39 is 5.60 Å². The Labute approximate surface area is 162 Å². The van der Waals surface area contributed by atoms with Gasteiger partial charge >= 0.3 is 0 Å². The molecule has 0 unspecified atom stereocenters. The number of morpholine rings is 1. The fourth-order valence-corrected chi connectivity index (χ4v) is 4.17. The Bertz CT molecular complexity index is 694. The molecule has 2 aliphatic heterocycles. The Kier molecular flexibility index (Phi) is 5.66. The van der Waals surface area contributed by atoms with Crippen molar-refractivity contribution < 1.29 is 14.6 Å². The van der Waals surface area contributed by atoms with Crippen LogP contribution in [0.5, 0.6) is 0 Å². The van der Waals surface area contributed by atoms with Gasteiger partial charge in [0.2, 0.25) is 5.91 Å². The van der Waals surface area contributed by atoms with Crippen LogP contribution in [0.2, 0.25) is 0 Å². The van der Waals surface area contributed by atoms with Crippen molar-refractivity contribution in [2.45, 2.75) is 53.2 Å². The van der Waals surface area contributed by atoms with Crippen LogP contribution in [0.4, 0.5) is 0 Å². The number of likely N-dealkylation sites (tertiary alicyclic amines) is 1. The molecule has 152 valence electrons. The predicted octanol–water partition coefficient (Wildman–Crippen LogP) is 1.13. The lowest BCUT2D eigenvalue weighted by atomic mass is 9.69. The van der Waals surface area contributed by atoms with Crippen molar-refractivity contribution in [1.82, 2.24) is 19.6 Å². The molecule has 1 N–H and O–H groups in total. The van der Waals surface area contributed by atoms with Gasteiger partial charge in [-0.05, 0) is 32.8 Å². The quantitative estimate of drug-likeness (QED) is 0.851. The number of rotatable bonds is 4. The molecule has 0 saturated carbocycles. The van der Waals surface area contributed by atoms with E-state index in [1.807, 2.05) is 25.7 Å². The van der Waals surface area contributed by atoms with Crippen molar-refractivity contribution in [3.63, 3.8) is 0 Å². The number of carbonyl (C=O) groups is 1. The summed E-state index contributed by atoms with van der Waals surface area (Å²) in [6.45, 7) is 15.4. The number of carbonyl (C=O) groups excluding carboxylic acids is 1. The maximum absolute atomic E-state index is 12.9. The number of aromatic nitrogens is 2. The average Bonchev–Trinajstić information content (AvgIpc) is 2.85. The van der Waals surface area contributed by atoms with E-state index in [-0.39, 0.29) is 17.9 Å². The topological polar surface area (TPSA) is 70.8 Å². The normalized spacial score (nSPS) is 26.4. The largest absolute Gasteiger partial charge is 0.388 e. The van der Waals surface area contributed by atoms with Crippen molar-refractivity contribution in [2.24, 2.45) is 5.41 Å². The van der Waals surface area contributed by atoms with Gasteiger partial charge in [-0.15, -0.1) is 0 Å². The van der Waals surface area contributed by atoms with E-state index in [9.17, 15) is 9.90 Å². The molecule has 1 aromatic heterocycles. The maximum atomic E-state index is 12.9. The van der Waals surface area contributed by atoms with Crippen LogP contribution in [-0.2, 0) is 16.1 Å². The third-order valence-electron chi connectivity index (χ3n) is 6.61.